The summed E-state index contributed by atoms with van der Waals surface area (Å²) in [5.41, 5.74) is 0. The molecule has 1 N–H and O–H groups in total. The molecule has 1 aliphatic rings. The monoisotopic (exact) mass is 298 g/mol. The van der Waals surface area contributed by atoms with Crippen LogP contribution in [0.1, 0.15) is 35.7 Å². The molecular weight excluding hydrogens is 276 g/mol. The molecule has 1 fully saturated rings. The zero-order valence-electron chi connectivity index (χ0n) is 11.8. The molecule has 1 aliphatic heterocycles. The van der Waals surface area contributed by atoms with E-state index in [0.717, 1.165) is 13.0 Å². The summed E-state index contributed by atoms with van der Waals surface area (Å²) < 4.78 is 0. The number of thioether (sulfide) groups is 1. The van der Waals surface area contributed by atoms with Crippen molar-refractivity contribution in [3.05, 3.63) is 21.9 Å². The number of aryl methyl sites for hydroxylation is 1. The quantitative estimate of drug-likeness (QED) is 0.819. The van der Waals surface area contributed by atoms with Crippen LogP contribution in [0, 0.1) is 6.92 Å². The van der Waals surface area contributed by atoms with Crippen molar-refractivity contribution in [1.29, 1.82) is 0 Å². The van der Waals surface area contributed by atoms with E-state index in [4.69, 9.17) is 0 Å². The van der Waals surface area contributed by atoms with Gasteiger partial charge in [-0.15, -0.1) is 11.3 Å². The molecule has 1 saturated heterocycles. The summed E-state index contributed by atoms with van der Waals surface area (Å²) in [4.78, 5) is 16.8. The lowest BCUT2D eigenvalue weighted by Crippen LogP contribution is -2.31. The first kappa shape index (κ1) is 14.9. The number of rotatable bonds is 6. The summed E-state index contributed by atoms with van der Waals surface area (Å²) in [6, 6.07) is 4.20. The van der Waals surface area contributed by atoms with Gasteiger partial charge in [0.1, 0.15) is 6.17 Å². The minimum atomic E-state index is -0.0621. The van der Waals surface area contributed by atoms with Gasteiger partial charge in [0.05, 0.1) is 6.04 Å². The summed E-state index contributed by atoms with van der Waals surface area (Å²) in [5.74, 6) is 1.41. The van der Waals surface area contributed by atoms with E-state index in [2.05, 4.69) is 30.6 Å². The highest BCUT2D eigenvalue weighted by atomic mass is 32.2. The van der Waals surface area contributed by atoms with Crippen molar-refractivity contribution < 1.29 is 4.79 Å². The van der Waals surface area contributed by atoms with Crippen molar-refractivity contribution in [3.63, 3.8) is 0 Å². The smallest absolute Gasteiger partial charge is 0.241 e. The normalized spacial score (nSPS) is 23.3. The highest BCUT2D eigenvalue weighted by Crippen LogP contribution is 2.30. The van der Waals surface area contributed by atoms with Crippen LogP contribution in [0.2, 0.25) is 0 Å². The van der Waals surface area contributed by atoms with Crippen LogP contribution in [-0.4, -0.2) is 35.4 Å². The number of thiophene rings is 1. The molecule has 0 radical (unpaired) electrons. The zero-order valence-corrected chi connectivity index (χ0v) is 13.4. The number of nitrogens with one attached hydrogen (secondary N) is 1. The van der Waals surface area contributed by atoms with Gasteiger partial charge in [0.25, 0.3) is 0 Å². The summed E-state index contributed by atoms with van der Waals surface area (Å²) in [7, 11) is 0. The highest BCUT2D eigenvalue weighted by Gasteiger charge is 2.37. The second-order valence-corrected chi connectivity index (χ2v) is 7.28. The molecule has 3 nitrogen and oxygen atoms in total. The van der Waals surface area contributed by atoms with Crippen LogP contribution < -0.4 is 5.32 Å². The topological polar surface area (TPSA) is 32.3 Å². The van der Waals surface area contributed by atoms with Crippen molar-refractivity contribution in [2.24, 2.45) is 0 Å². The van der Waals surface area contributed by atoms with Gasteiger partial charge < -0.3 is 4.90 Å². The predicted octanol–water partition coefficient (Wildman–Crippen LogP) is 3.02. The van der Waals surface area contributed by atoms with E-state index < -0.39 is 0 Å². The predicted molar refractivity (Wildman–Crippen MR) is 83.7 cm³/mol. The molecule has 1 amide bonds. The van der Waals surface area contributed by atoms with E-state index in [1.54, 1.807) is 11.3 Å². The van der Waals surface area contributed by atoms with Crippen molar-refractivity contribution in [2.75, 3.05) is 18.6 Å². The van der Waals surface area contributed by atoms with Gasteiger partial charge in [-0.05, 0) is 50.8 Å². The number of hydrogen-bond acceptors (Lipinski definition) is 4. The number of hydrogen-bond donors (Lipinski definition) is 1. The number of amides is 1. The lowest BCUT2D eigenvalue weighted by atomic mass is 10.2. The van der Waals surface area contributed by atoms with E-state index >= 15 is 0 Å². The molecule has 2 rings (SSSR count). The highest BCUT2D eigenvalue weighted by molar-refractivity contribution is 7.98. The molecule has 2 atom stereocenters. The van der Waals surface area contributed by atoms with Crippen LogP contribution >= 0.6 is 23.1 Å². The summed E-state index contributed by atoms with van der Waals surface area (Å²) >= 11 is 3.64. The molecule has 0 bridgehead atoms. The molecule has 2 heterocycles. The summed E-state index contributed by atoms with van der Waals surface area (Å²) in [5, 5.41) is 3.41. The van der Waals surface area contributed by atoms with Gasteiger partial charge >= 0.3 is 0 Å². The Kier molecular flexibility index (Phi) is 5.30. The molecule has 106 valence electrons. The lowest BCUT2D eigenvalue weighted by Gasteiger charge is -2.23. The summed E-state index contributed by atoms with van der Waals surface area (Å²) in [6.07, 6.45) is 4.47. The molecule has 1 aromatic heterocycles. The van der Waals surface area contributed by atoms with Gasteiger partial charge in [0.2, 0.25) is 5.91 Å². The number of carbonyl (C=O) groups is 1. The Morgan fingerprint density at radius 3 is 2.84 bits per heavy atom. The Hall–Kier alpha value is -0.520. The SMILES string of the molecule is CSCCCCN1C(=O)C(C)NC1c1ccc(C)s1. The van der Waals surface area contributed by atoms with Gasteiger partial charge in [-0.3, -0.25) is 10.1 Å². The Labute approximate surface area is 123 Å². The van der Waals surface area contributed by atoms with E-state index in [0.29, 0.717) is 0 Å². The van der Waals surface area contributed by atoms with Crippen LogP contribution in [0.4, 0.5) is 0 Å². The minimum absolute atomic E-state index is 0.0621. The van der Waals surface area contributed by atoms with Crippen LogP contribution in [0.5, 0.6) is 0 Å². The van der Waals surface area contributed by atoms with E-state index in [1.165, 1.54) is 21.9 Å². The molecule has 0 aromatic carbocycles. The third kappa shape index (κ3) is 3.52. The molecule has 0 spiro atoms. The zero-order chi connectivity index (χ0) is 13.8. The maximum Gasteiger partial charge on any atom is 0.241 e. The largest absolute Gasteiger partial charge is 0.321 e. The summed E-state index contributed by atoms with van der Waals surface area (Å²) in [6.45, 7) is 4.92. The van der Waals surface area contributed by atoms with E-state index in [9.17, 15) is 4.79 Å². The lowest BCUT2D eigenvalue weighted by molar-refractivity contribution is -0.129. The van der Waals surface area contributed by atoms with Crippen LogP contribution in [0.25, 0.3) is 0 Å². The average molecular weight is 298 g/mol. The third-order valence-corrected chi connectivity index (χ3v) is 5.15. The fourth-order valence-electron chi connectivity index (χ4n) is 2.38. The van der Waals surface area contributed by atoms with Crippen LogP contribution in [0.3, 0.4) is 0 Å². The Morgan fingerprint density at radius 2 is 2.21 bits per heavy atom. The molecule has 2 unspecified atom stereocenters. The van der Waals surface area contributed by atoms with E-state index in [1.807, 2.05) is 23.6 Å². The Balaban J connectivity index is 2.01. The van der Waals surface area contributed by atoms with Crippen molar-refractivity contribution >= 4 is 29.0 Å². The van der Waals surface area contributed by atoms with Crippen molar-refractivity contribution in [1.82, 2.24) is 10.2 Å². The fraction of sp³-hybridized carbons (Fsp3) is 0.643. The number of carbonyl (C=O) groups excluding carboxylic acids is 1. The van der Waals surface area contributed by atoms with Crippen LogP contribution in [-0.2, 0) is 4.79 Å². The molecular formula is C14H22N2OS2. The van der Waals surface area contributed by atoms with Crippen LogP contribution in [0.15, 0.2) is 12.1 Å². The van der Waals surface area contributed by atoms with Gasteiger partial charge in [0.15, 0.2) is 0 Å². The average Bonchev–Trinajstić information content (AvgIpc) is 2.92. The van der Waals surface area contributed by atoms with E-state index in [-0.39, 0.29) is 18.1 Å². The third-order valence-electron chi connectivity index (χ3n) is 3.40. The first-order chi connectivity index (χ1) is 9.13. The van der Waals surface area contributed by atoms with Gasteiger partial charge in [-0.1, -0.05) is 0 Å². The molecule has 19 heavy (non-hydrogen) atoms. The standard InChI is InChI=1S/C14H22N2OS2/c1-10-6-7-12(19-10)13-15-11(2)14(17)16(13)8-4-5-9-18-3/h6-7,11,13,15H,4-5,8-9H2,1-3H3. The second kappa shape index (κ2) is 6.77. The number of unbranched alkanes of at least 4 members (excludes halogenated alkanes) is 1. The molecule has 5 heteroatoms. The van der Waals surface area contributed by atoms with Crippen molar-refractivity contribution in [2.45, 2.75) is 38.9 Å². The molecule has 0 aliphatic carbocycles. The van der Waals surface area contributed by atoms with Gasteiger partial charge in [0, 0.05) is 16.3 Å². The second-order valence-electron chi connectivity index (χ2n) is 4.97. The van der Waals surface area contributed by atoms with Gasteiger partial charge in [-0.2, -0.15) is 11.8 Å². The maximum absolute atomic E-state index is 12.2. The minimum Gasteiger partial charge on any atom is -0.321 e. The number of nitrogens with zero attached hydrogens (tertiary/aromatic N) is 1. The molecule has 0 saturated carbocycles. The Bertz CT molecular complexity index is 433. The fourth-order valence-corrected chi connectivity index (χ4v) is 3.82. The maximum atomic E-state index is 12.2. The molecule has 1 aromatic rings. The first-order valence-electron chi connectivity index (χ1n) is 6.75. The Morgan fingerprint density at radius 1 is 1.42 bits per heavy atom. The first-order valence-corrected chi connectivity index (χ1v) is 8.96. The van der Waals surface area contributed by atoms with Gasteiger partial charge in [-0.25, -0.2) is 0 Å². The van der Waals surface area contributed by atoms with Crippen molar-refractivity contribution in [3.8, 4) is 0 Å².